The molecule has 0 aliphatic heterocycles. The highest BCUT2D eigenvalue weighted by molar-refractivity contribution is 6.36. The summed E-state index contributed by atoms with van der Waals surface area (Å²) in [6.45, 7) is -0.702. The Balaban J connectivity index is 2.41. The highest BCUT2D eigenvalue weighted by Gasteiger charge is 2.16. The Morgan fingerprint density at radius 3 is 2.19 bits per heavy atom. The van der Waals surface area contributed by atoms with Crippen LogP contribution in [0.25, 0.3) is 0 Å². The van der Waals surface area contributed by atoms with Gasteiger partial charge in [-0.05, 0) is 18.2 Å². The third-order valence-electron chi connectivity index (χ3n) is 3.32. The van der Waals surface area contributed by atoms with Gasteiger partial charge in [0.05, 0.1) is 30.2 Å². The van der Waals surface area contributed by atoms with E-state index in [1.165, 1.54) is 35.0 Å². The molecule has 2 N–H and O–H groups in total. The van der Waals surface area contributed by atoms with E-state index in [1.54, 1.807) is 14.1 Å². The molecular formula is C16H20Cl2N4O4. The van der Waals surface area contributed by atoms with Gasteiger partial charge in [-0.3, -0.25) is 19.2 Å². The van der Waals surface area contributed by atoms with Crippen LogP contribution in [0.3, 0.4) is 0 Å². The number of halogens is 2. The summed E-state index contributed by atoms with van der Waals surface area (Å²) < 4.78 is 0. The van der Waals surface area contributed by atoms with Crippen molar-refractivity contribution in [2.45, 2.75) is 0 Å². The van der Waals surface area contributed by atoms with Gasteiger partial charge in [0.1, 0.15) is 0 Å². The van der Waals surface area contributed by atoms with Crippen molar-refractivity contribution in [3.8, 4) is 0 Å². The molecule has 0 aliphatic rings. The van der Waals surface area contributed by atoms with E-state index in [2.05, 4.69) is 10.6 Å². The molecule has 0 atom stereocenters. The van der Waals surface area contributed by atoms with Crippen LogP contribution < -0.4 is 10.6 Å². The van der Waals surface area contributed by atoms with Gasteiger partial charge in [0.15, 0.2) is 0 Å². The molecule has 0 saturated heterocycles. The lowest BCUT2D eigenvalue weighted by atomic mass is 10.2. The minimum Gasteiger partial charge on any atom is -0.347 e. The summed E-state index contributed by atoms with van der Waals surface area (Å²) in [5.74, 6) is -1.76. The van der Waals surface area contributed by atoms with E-state index in [4.69, 9.17) is 23.2 Å². The van der Waals surface area contributed by atoms with Gasteiger partial charge in [0.2, 0.25) is 17.7 Å². The van der Waals surface area contributed by atoms with E-state index >= 15 is 0 Å². The van der Waals surface area contributed by atoms with Crippen molar-refractivity contribution in [1.29, 1.82) is 0 Å². The second-order valence-corrected chi connectivity index (χ2v) is 6.47. The van der Waals surface area contributed by atoms with Gasteiger partial charge in [-0.25, -0.2) is 0 Å². The highest BCUT2D eigenvalue weighted by Crippen LogP contribution is 2.20. The third-order valence-corrected chi connectivity index (χ3v) is 3.87. The molecule has 8 nitrogen and oxygen atoms in total. The van der Waals surface area contributed by atoms with Crippen LogP contribution >= 0.6 is 23.2 Å². The van der Waals surface area contributed by atoms with E-state index in [-0.39, 0.29) is 36.1 Å². The van der Waals surface area contributed by atoms with Gasteiger partial charge in [-0.2, -0.15) is 0 Å². The minimum atomic E-state index is -0.552. The fourth-order valence-corrected chi connectivity index (χ4v) is 2.23. The molecule has 142 valence electrons. The summed E-state index contributed by atoms with van der Waals surface area (Å²) in [6, 6.07) is 4.37. The minimum absolute atomic E-state index is 0.0898. The zero-order chi connectivity index (χ0) is 19.9. The Labute approximate surface area is 161 Å². The fraction of sp³-hybridized carbons (Fsp3) is 0.375. The smallest absolute Gasteiger partial charge is 0.253 e. The average molecular weight is 403 g/mol. The summed E-state index contributed by atoms with van der Waals surface area (Å²) in [6.07, 6.45) is 0. The van der Waals surface area contributed by atoms with Crippen molar-refractivity contribution in [3.63, 3.8) is 0 Å². The maximum atomic E-state index is 12.0. The molecule has 0 bridgehead atoms. The molecule has 4 amide bonds. The number of rotatable bonds is 7. The molecule has 1 aromatic carbocycles. The van der Waals surface area contributed by atoms with E-state index < -0.39 is 17.7 Å². The fourth-order valence-electron chi connectivity index (χ4n) is 1.73. The first-order valence-corrected chi connectivity index (χ1v) is 8.31. The normalized spacial score (nSPS) is 10.0. The SMILES string of the molecule is CN(C)C(=O)CN(C)C(=O)CNC(=O)CNC(=O)c1ccc(Cl)cc1Cl. The molecular weight excluding hydrogens is 383 g/mol. The summed E-state index contributed by atoms with van der Waals surface area (Å²) >= 11 is 11.7. The number of nitrogens with one attached hydrogen (secondary N) is 2. The van der Waals surface area contributed by atoms with Crippen LogP contribution in [0.5, 0.6) is 0 Å². The molecule has 1 aromatic rings. The summed E-state index contributed by atoms with van der Waals surface area (Å²) in [5, 5.41) is 5.32. The molecule has 0 aromatic heterocycles. The molecule has 0 heterocycles. The van der Waals surface area contributed by atoms with Gasteiger partial charge < -0.3 is 20.4 Å². The monoisotopic (exact) mass is 402 g/mol. The highest BCUT2D eigenvalue weighted by atomic mass is 35.5. The quantitative estimate of drug-likeness (QED) is 0.688. The molecule has 0 unspecified atom stereocenters. The van der Waals surface area contributed by atoms with Crippen LogP contribution in [0.4, 0.5) is 0 Å². The topological polar surface area (TPSA) is 98.8 Å². The van der Waals surface area contributed by atoms with Crippen LogP contribution in [0.1, 0.15) is 10.4 Å². The standard InChI is InChI=1S/C16H20Cl2N4O4/c1-21(2)15(25)9-22(3)14(24)8-19-13(23)7-20-16(26)11-5-4-10(17)6-12(11)18/h4-6H,7-9H2,1-3H3,(H,19,23)(H,20,26). The van der Waals surface area contributed by atoms with Gasteiger partial charge in [0.25, 0.3) is 5.91 Å². The number of hydrogen-bond donors (Lipinski definition) is 2. The molecule has 0 saturated carbocycles. The Bertz CT molecular complexity index is 709. The lowest BCUT2D eigenvalue weighted by molar-refractivity contribution is -0.138. The largest absolute Gasteiger partial charge is 0.347 e. The van der Waals surface area contributed by atoms with Gasteiger partial charge >= 0.3 is 0 Å². The number of likely N-dealkylation sites (N-methyl/N-ethyl adjacent to an activating group) is 2. The molecule has 0 aliphatic carbocycles. The Hall–Kier alpha value is -2.32. The molecule has 10 heteroatoms. The number of carbonyl (C=O) groups excluding carboxylic acids is 4. The molecule has 0 spiro atoms. The van der Waals surface area contributed by atoms with Crippen molar-refractivity contribution in [2.24, 2.45) is 0 Å². The van der Waals surface area contributed by atoms with Crippen molar-refractivity contribution < 1.29 is 19.2 Å². The zero-order valence-corrected chi connectivity index (χ0v) is 16.1. The Morgan fingerprint density at radius 2 is 1.62 bits per heavy atom. The van der Waals surface area contributed by atoms with Crippen LogP contribution in [0.2, 0.25) is 10.0 Å². The average Bonchev–Trinajstić information content (AvgIpc) is 2.57. The number of nitrogens with zero attached hydrogens (tertiary/aromatic N) is 2. The van der Waals surface area contributed by atoms with E-state index in [1.807, 2.05) is 0 Å². The first-order chi connectivity index (χ1) is 12.1. The Morgan fingerprint density at radius 1 is 0.962 bits per heavy atom. The Kier molecular flexibility index (Phi) is 8.34. The van der Waals surface area contributed by atoms with Gasteiger partial charge in [-0.1, -0.05) is 23.2 Å². The number of hydrogen-bond acceptors (Lipinski definition) is 4. The molecule has 1 rings (SSSR count). The lowest BCUT2D eigenvalue weighted by Crippen LogP contribution is -2.45. The summed E-state index contributed by atoms with van der Waals surface area (Å²) in [7, 11) is 4.62. The summed E-state index contributed by atoms with van der Waals surface area (Å²) in [4.78, 5) is 49.7. The van der Waals surface area contributed by atoms with Crippen molar-refractivity contribution in [3.05, 3.63) is 33.8 Å². The molecule has 26 heavy (non-hydrogen) atoms. The van der Waals surface area contributed by atoms with E-state index in [0.717, 1.165) is 0 Å². The van der Waals surface area contributed by atoms with Crippen molar-refractivity contribution >= 4 is 46.8 Å². The molecule has 0 fully saturated rings. The van der Waals surface area contributed by atoms with Gasteiger partial charge in [-0.15, -0.1) is 0 Å². The molecule has 0 radical (unpaired) electrons. The van der Waals surface area contributed by atoms with E-state index in [0.29, 0.717) is 5.02 Å². The van der Waals surface area contributed by atoms with Crippen molar-refractivity contribution in [1.82, 2.24) is 20.4 Å². The zero-order valence-electron chi connectivity index (χ0n) is 14.6. The van der Waals surface area contributed by atoms with Gasteiger partial charge in [0, 0.05) is 26.2 Å². The number of benzene rings is 1. The first-order valence-electron chi connectivity index (χ1n) is 7.56. The number of amides is 4. The van der Waals surface area contributed by atoms with E-state index in [9.17, 15) is 19.2 Å². The maximum Gasteiger partial charge on any atom is 0.253 e. The van der Waals surface area contributed by atoms with Crippen LogP contribution in [0.15, 0.2) is 18.2 Å². The maximum absolute atomic E-state index is 12.0. The number of carbonyl (C=O) groups is 4. The third kappa shape index (κ3) is 6.89. The lowest BCUT2D eigenvalue weighted by Gasteiger charge is -2.19. The van der Waals surface area contributed by atoms with Crippen LogP contribution in [-0.4, -0.2) is 74.2 Å². The van der Waals surface area contributed by atoms with Crippen molar-refractivity contribution in [2.75, 3.05) is 40.8 Å². The predicted octanol–water partition coefficient (Wildman–Crippen LogP) is 0.386. The second-order valence-electron chi connectivity index (χ2n) is 5.62. The summed E-state index contributed by atoms with van der Waals surface area (Å²) in [5.41, 5.74) is 0.182. The first kappa shape index (κ1) is 21.7. The predicted molar refractivity (Wildman–Crippen MR) is 98.1 cm³/mol. The van der Waals surface area contributed by atoms with Crippen LogP contribution in [-0.2, 0) is 14.4 Å². The van der Waals surface area contributed by atoms with Crippen LogP contribution in [0, 0.1) is 0 Å². The second kappa shape index (κ2) is 9.98.